The average Bonchev–Trinajstić information content (AvgIpc) is 2.90. The van der Waals surface area contributed by atoms with Crippen molar-refractivity contribution in [1.82, 2.24) is 15.1 Å². The van der Waals surface area contributed by atoms with E-state index < -0.39 is 0 Å². The molecule has 3 rings (SSSR count). The summed E-state index contributed by atoms with van der Waals surface area (Å²) in [5.41, 5.74) is 1.47. The summed E-state index contributed by atoms with van der Waals surface area (Å²) in [6.45, 7) is 0. The zero-order valence-electron chi connectivity index (χ0n) is 9.20. The summed E-state index contributed by atoms with van der Waals surface area (Å²) in [4.78, 5) is 8.44. The molecule has 0 aliphatic carbocycles. The third kappa shape index (κ3) is 2.53. The van der Waals surface area contributed by atoms with Gasteiger partial charge in [-0.15, -0.1) is 30.3 Å². The van der Waals surface area contributed by atoms with Crippen LogP contribution in [-0.4, -0.2) is 15.1 Å². The minimum absolute atomic E-state index is 0. The molecule has 1 radical (unpaired) electrons. The van der Waals surface area contributed by atoms with Gasteiger partial charge < -0.3 is 4.52 Å². The maximum Gasteiger partial charge on any atom is 0.210 e. The van der Waals surface area contributed by atoms with E-state index in [0.717, 1.165) is 5.56 Å². The van der Waals surface area contributed by atoms with E-state index in [1.165, 1.54) is 0 Å². The van der Waals surface area contributed by atoms with Crippen LogP contribution in [0.15, 0.2) is 53.2 Å². The minimum atomic E-state index is 0. The molecule has 0 N–H and O–H groups in total. The Kier molecular flexibility index (Phi) is 3.97. The van der Waals surface area contributed by atoms with E-state index in [9.17, 15) is 0 Å². The van der Waals surface area contributed by atoms with E-state index in [4.69, 9.17) is 4.52 Å². The predicted molar refractivity (Wildman–Crippen MR) is 61.8 cm³/mol. The molecule has 0 amide bonds. The molecule has 2 heterocycles. The number of nitrogens with zero attached hydrogens (tertiary/aromatic N) is 3. The van der Waals surface area contributed by atoms with Gasteiger partial charge in [-0.25, -0.2) is 4.98 Å². The second-order valence-electron chi connectivity index (χ2n) is 3.41. The summed E-state index contributed by atoms with van der Waals surface area (Å²) < 4.78 is 5.17. The smallest absolute Gasteiger partial charge is 0.210 e. The number of aromatic nitrogens is 3. The van der Waals surface area contributed by atoms with Gasteiger partial charge in [0.2, 0.25) is 5.82 Å². The SMILES string of the molecule is [Ir].[c-]1ccccc1-c1nc(-c2ccccn2)no1. The Balaban J connectivity index is 0.00000120. The molecule has 1 aromatic carbocycles. The van der Waals surface area contributed by atoms with Crippen LogP contribution in [0.2, 0.25) is 0 Å². The number of pyridine rings is 1. The Morgan fingerprint density at radius 1 is 1.06 bits per heavy atom. The molecule has 0 spiro atoms. The standard InChI is InChI=1S/C13H8N3O.Ir/c1-2-6-10(7-3-1)13-15-12(16-17-13)11-8-4-5-9-14-11;/h1-6,8-9H;/q-1;. The Morgan fingerprint density at radius 2 is 1.94 bits per heavy atom. The van der Waals surface area contributed by atoms with Crippen LogP contribution in [0.4, 0.5) is 0 Å². The van der Waals surface area contributed by atoms with Crippen molar-refractivity contribution >= 4 is 0 Å². The third-order valence-electron chi connectivity index (χ3n) is 2.26. The third-order valence-corrected chi connectivity index (χ3v) is 2.26. The van der Waals surface area contributed by atoms with Crippen LogP contribution in [0.1, 0.15) is 0 Å². The van der Waals surface area contributed by atoms with E-state index in [1.807, 2.05) is 36.4 Å². The van der Waals surface area contributed by atoms with Gasteiger partial charge in [0.15, 0.2) is 5.89 Å². The number of hydrogen-bond donors (Lipinski definition) is 0. The minimum Gasteiger partial charge on any atom is -0.381 e. The molecule has 0 unspecified atom stereocenters. The first-order valence-electron chi connectivity index (χ1n) is 5.16. The fraction of sp³-hybridized carbons (Fsp3) is 0. The van der Waals surface area contributed by atoms with Crippen molar-refractivity contribution in [1.29, 1.82) is 0 Å². The predicted octanol–water partition coefficient (Wildman–Crippen LogP) is 2.60. The molecular weight excluding hydrogens is 406 g/mol. The molecule has 5 heteroatoms. The van der Waals surface area contributed by atoms with Crippen molar-refractivity contribution in [3.05, 3.63) is 54.7 Å². The Morgan fingerprint density at radius 3 is 2.67 bits per heavy atom. The van der Waals surface area contributed by atoms with Crippen LogP contribution in [0, 0.1) is 6.07 Å². The largest absolute Gasteiger partial charge is 0.381 e. The molecular formula is C13H8IrN3O-. The van der Waals surface area contributed by atoms with Gasteiger partial charge in [0.05, 0.1) is 0 Å². The fourth-order valence-electron chi connectivity index (χ4n) is 1.46. The van der Waals surface area contributed by atoms with Crippen LogP contribution in [-0.2, 0) is 20.1 Å². The van der Waals surface area contributed by atoms with Crippen LogP contribution in [0.5, 0.6) is 0 Å². The van der Waals surface area contributed by atoms with E-state index >= 15 is 0 Å². The van der Waals surface area contributed by atoms with Crippen LogP contribution in [0.3, 0.4) is 0 Å². The van der Waals surface area contributed by atoms with Crippen molar-refractivity contribution < 1.29 is 24.6 Å². The van der Waals surface area contributed by atoms with E-state index in [2.05, 4.69) is 21.2 Å². The first-order chi connectivity index (χ1) is 8.43. The van der Waals surface area contributed by atoms with Gasteiger partial charge in [0, 0.05) is 26.3 Å². The second kappa shape index (κ2) is 5.67. The maximum atomic E-state index is 5.17. The van der Waals surface area contributed by atoms with E-state index in [-0.39, 0.29) is 20.1 Å². The Bertz CT molecular complexity index is 556. The van der Waals surface area contributed by atoms with Crippen molar-refractivity contribution in [2.45, 2.75) is 0 Å². The van der Waals surface area contributed by atoms with Crippen LogP contribution >= 0.6 is 0 Å². The van der Waals surface area contributed by atoms with Crippen molar-refractivity contribution in [3.63, 3.8) is 0 Å². The molecule has 4 nitrogen and oxygen atoms in total. The van der Waals surface area contributed by atoms with Gasteiger partial charge in [-0.2, -0.15) is 0 Å². The molecule has 0 fully saturated rings. The second-order valence-corrected chi connectivity index (χ2v) is 3.41. The molecule has 0 aliphatic heterocycles. The Hall–Kier alpha value is -1.84. The van der Waals surface area contributed by atoms with Crippen LogP contribution in [0.25, 0.3) is 23.0 Å². The van der Waals surface area contributed by atoms with Gasteiger partial charge in [-0.05, 0) is 12.1 Å². The molecule has 91 valence electrons. The van der Waals surface area contributed by atoms with Gasteiger partial charge in [0.25, 0.3) is 0 Å². The topological polar surface area (TPSA) is 51.8 Å². The first-order valence-corrected chi connectivity index (χ1v) is 5.16. The summed E-state index contributed by atoms with van der Waals surface area (Å²) in [7, 11) is 0. The molecule has 0 saturated carbocycles. The average molecular weight is 414 g/mol. The summed E-state index contributed by atoms with van der Waals surface area (Å²) in [5, 5.41) is 3.89. The zero-order valence-corrected chi connectivity index (χ0v) is 11.6. The summed E-state index contributed by atoms with van der Waals surface area (Å²) in [5.74, 6) is 0.934. The van der Waals surface area contributed by atoms with E-state index in [0.29, 0.717) is 17.4 Å². The molecule has 0 bridgehead atoms. The number of benzene rings is 1. The molecule has 0 aliphatic rings. The number of hydrogen-bond acceptors (Lipinski definition) is 4. The van der Waals surface area contributed by atoms with Crippen molar-refractivity contribution in [3.8, 4) is 23.0 Å². The quantitative estimate of drug-likeness (QED) is 0.605. The van der Waals surface area contributed by atoms with Crippen LogP contribution < -0.4 is 0 Å². The molecule has 0 saturated heterocycles. The summed E-state index contributed by atoms with van der Waals surface area (Å²) in [6.07, 6.45) is 1.69. The normalized spacial score (nSPS) is 9.78. The van der Waals surface area contributed by atoms with Crippen molar-refractivity contribution in [2.24, 2.45) is 0 Å². The van der Waals surface area contributed by atoms with Gasteiger partial charge >= 0.3 is 0 Å². The molecule has 3 aromatic rings. The van der Waals surface area contributed by atoms with Crippen molar-refractivity contribution in [2.75, 3.05) is 0 Å². The first kappa shape index (κ1) is 12.6. The van der Waals surface area contributed by atoms with Gasteiger partial charge in [-0.1, -0.05) is 16.8 Å². The summed E-state index contributed by atoms with van der Waals surface area (Å²) >= 11 is 0. The fourth-order valence-corrected chi connectivity index (χ4v) is 1.46. The van der Waals surface area contributed by atoms with Gasteiger partial charge in [-0.3, -0.25) is 4.98 Å². The summed E-state index contributed by atoms with van der Waals surface area (Å²) in [6, 6.07) is 16.1. The maximum absolute atomic E-state index is 5.17. The molecule has 18 heavy (non-hydrogen) atoms. The number of rotatable bonds is 2. The monoisotopic (exact) mass is 415 g/mol. The molecule has 0 atom stereocenters. The molecule has 2 aromatic heterocycles. The van der Waals surface area contributed by atoms with Gasteiger partial charge in [0.1, 0.15) is 5.69 Å². The zero-order chi connectivity index (χ0) is 11.5. The van der Waals surface area contributed by atoms with E-state index in [1.54, 1.807) is 12.3 Å². The Labute approximate surface area is 117 Å².